The van der Waals surface area contributed by atoms with Crippen molar-refractivity contribution in [3.05, 3.63) is 59.0 Å². The molecule has 8 nitrogen and oxygen atoms in total. The highest BCUT2D eigenvalue weighted by Crippen LogP contribution is 2.37. The first-order valence-corrected chi connectivity index (χ1v) is 13.5. The molecule has 0 aliphatic rings. The third-order valence-electron chi connectivity index (χ3n) is 4.93. The van der Waals surface area contributed by atoms with Gasteiger partial charge in [-0.15, -0.1) is 11.3 Å². The quantitative estimate of drug-likeness (QED) is 0.130. The molecule has 0 radical (unpaired) electrons. The fourth-order valence-electron chi connectivity index (χ4n) is 3.28. The number of methoxy groups -OCH3 is 1. The molecule has 10 heteroatoms. The Hall–Kier alpha value is -2.95. The van der Waals surface area contributed by atoms with E-state index < -0.39 is 16.1 Å². The number of benzene rings is 2. The highest BCUT2D eigenvalue weighted by Gasteiger charge is 2.16. The second-order valence-corrected chi connectivity index (χ2v) is 10.3. The minimum Gasteiger partial charge on any atom is -0.493 e. The molecule has 0 aliphatic carbocycles. The van der Waals surface area contributed by atoms with E-state index in [4.69, 9.17) is 18.4 Å². The largest absolute Gasteiger partial charge is 0.493 e. The SMILES string of the molecule is CCOC(=O)CCC(=O)c1cc2cc(OCCCOS(=O)(=O)Cc3ccccc3)c(OC)cc2s1. The van der Waals surface area contributed by atoms with Gasteiger partial charge in [0.25, 0.3) is 10.1 Å². The van der Waals surface area contributed by atoms with Gasteiger partial charge in [0.1, 0.15) is 5.75 Å². The lowest BCUT2D eigenvalue weighted by Crippen LogP contribution is -2.12. The number of esters is 1. The van der Waals surface area contributed by atoms with Crippen molar-refractivity contribution in [2.45, 2.75) is 31.9 Å². The number of thiophene rings is 1. The van der Waals surface area contributed by atoms with Gasteiger partial charge in [-0.05, 0) is 30.0 Å². The number of ether oxygens (including phenoxy) is 3. The van der Waals surface area contributed by atoms with Crippen molar-refractivity contribution in [3.8, 4) is 11.5 Å². The van der Waals surface area contributed by atoms with E-state index in [1.807, 2.05) is 6.07 Å². The van der Waals surface area contributed by atoms with Crippen LogP contribution in [0.2, 0.25) is 0 Å². The highest BCUT2D eigenvalue weighted by molar-refractivity contribution is 7.85. The lowest BCUT2D eigenvalue weighted by atomic mass is 10.1. The number of fused-ring (bicyclic) bond motifs is 1. The summed E-state index contributed by atoms with van der Waals surface area (Å²) in [6.45, 7) is 2.23. The van der Waals surface area contributed by atoms with Crippen molar-refractivity contribution < 1.29 is 36.4 Å². The number of hydrogen-bond acceptors (Lipinski definition) is 9. The predicted molar refractivity (Wildman–Crippen MR) is 134 cm³/mol. The van der Waals surface area contributed by atoms with Crippen LogP contribution in [0.3, 0.4) is 0 Å². The van der Waals surface area contributed by atoms with Crippen LogP contribution in [0.15, 0.2) is 48.5 Å². The van der Waals surface area contributed by atoms with Gasteiger partial charge in [-0.3, -0.25) is 13.8 Å². The van der Waals surface area contributed by atoms with E-state index in [-0.39, 0.29) is 44.2 Å². The Kier molecular flexibility index (Phi) is 9.64. The Balaban J connectivity index is 1.54. The van der Waals surface area contributed by atoms with Gasteiger partial charge in [0.15, 0.2) is 17.3 Å². The summed E-state index contributed by atoms with van der Waals surface area (Å²) in [6, 6.07) is 14.2. The first kappa shape index (κ1) is 26.7. The van der Waals surface area contributed by atoms with Gasteiger partial charge in [-0.25, -0.2) is 0 Å². The molecule has 1 heterocycles. The standard InChI is InChI=1S/C25H28O8S2/c1-3-31-25(27)11-10-20(26)24-15-19-14-22(21(30-2)16-23(19)34-24)32-12-7-13-33-35(28,29)17-18-8-5-4-6-9-18/h4-6,8-9,14-16H,3,7,10-13,17H2,1-2H3. The Bertz CT molecular complexity index is 1250. The normalized spacial score (nSPS) is 11.4. The Morgan fingerprint density at radius 1 is 0.971 bits per heavy atom. The van der Waals surface area contributed by atoms with Crippen LogP contribution >= 0.6 is 11.3 Å². The van der Waals surface area contributed by atoms with Crippen LogP contribution in [0.5, 0.6) is 11.5 Å². The molecule has 0 spiro atoms. The Morgan fingerprint density at radius 3 is 2.46 bits per heavy atom. The molecular weight excluding hydrogens is 492 g/mol. The minimum atomic E-state index is -3.68. The molecule has 0 saturated carbocycles. The number of hydrogen-bond donors (Lipinski definition) is 0. The van der Waals surface area contributed by atoms with Crippen LogP contribution in [0.1, 0.15) is 41.4 Å². The molecule has 3 aromatic rings. The number of carbonyl (C=O) groups is 2. The summed E-state index contributed by atoms with van der Waals surface area (Å²) in [5, 5.41) is 0.812. The van der Waals surface area contributed by atoms with Gasteiger partial charge in [-0.2, -0.15) is 8.42 Å². The lowest BCUT2D eigenvalue weighted by molar-refractivity contribution is -0.143. The third-order valence-corrected chi connectivity index (χ3v) is 7.29. The zero-order valence-corrected chi connectivity index (χ0v) is 21.3. The minimum absolute atomic E-state index is 0.00269. The summed E-state index contributed by atoms with van der Waals surface area (Å²) in [4.78, 5) is 24.5. The summed E-state index contributed by atoms with van der Waals surface area (Å²) in [5.74, 6) is 0.279. The maximum Gasteiger partial charge on any atom is 0.306 e. The van der Waals surface area contributed by atoms with Crippen molar-refractivity contribution in [1.29, 1.82) is 0 Å². The van der Waals surface area contributed by atoms with E-state index in [0.717, 1.165) is 10.1 Å². The van der Waals surface area contributed by atoms with Gasteiger partial charge in [0.2, 0.25) is 0 Å². The summed E-state index contributed by atoms with van der Waals surface area (Å²) >= 11 is 1.32. The van der Waals surface area contributed by atoms with Gasteiger partial charge >= 0.3 is 5.97 Å². The molecule has 0 bridgehead atoms. The van der Waals surface area contributed by atoms with Crippen LogP contribution < -0.4 is 9.47 Å². The molecule has 188 valence electrons. The van der Waals surface area contributed by atoms with Crippen molar-refractivity contribution in [2.24, 2.45) is 0 Å². The van der Waals surface area contributed by atoms with E-state index in [1.165, 1.54) is 18.4 Å². The van der Waals surface area contributed by atoms with Crippen LogP contribution in [0.25, 0.3) is 10.1 Å². The molecule has 0 fully saturated rings. The molecular formula is C25H28O8S2. The van der Waals surface area contributed by atoms with E-state index >= 15 is 0 Å². The predicted octanol–water partition coefficient (Wildman–Crippen LogP) is 4.75. The molecule has 1 aromatic heterocycles. The van der Waals surface area contributed by atoms with Crippen LogP contribution in [0, 0.1) is 0 Å². The summed E-state index contributed by atoms with van der Waals surface area (Å²) < 4.78 is 46.3. The molecule has 3 rings (SSSR count). The highest BCUT2D eigenvalue weighted by atomic mass is 32.2. The first-order chi connectivity index (χ1) is 16.8. The molecule has 0 N–H and O–H groups in total. The maximum absolute atomic E-state index is 12.5. The molecule has 0 aliphatic heterocycles. The number of Topliss-reactive ketones (excluding diaryl/α,β-unsaturated/α-hetero) is 1. The van der Waals surface area contributed by atoms with Gasteiger partial charge in [0, 0.05) is 23.6 Å². The van der Waals surface area contributed by atoms with Gasteiger partial charge < -0.3 is 14.2 Å². The fraction of sp³-hybridized carbons (Fsp3) is 0.360. The van der Waals surface area contributed by atoms with Crippen LogP contribution in [0.4, 0.5) is 0 Å². The fourth-order valence-corrected chi connectivity index (χ4v) is 5.37. The molecule has 0 atom stereocenters. The molecule has 0 unspecified atom stereocenters. The maximum atomic E-state index is 12.5. The third kappa shape index (κ3) is 8.05. The Labute approximate surface area is 208 Å². The molecule has 35 heavy (non-hydrogen) atoms. The first-order valence-electron chi connectivity index (χ1n) is 11.2. The smallest absolute Gasteiger partial charge is 0.306 e. The average molecular weight is 521 g/mol. The van der Waals surface area contributed by atoms with Crippen LogP contribution in [-0.2, 0) is 29.6 Å². The van der Waals surface area contributed by atoms with Crippen molar-refractivity contribution in [3.63, 3.8) is 0 Å². The van der Waals surface area contributed by atoms with Gasteiger partial charge in [-0.1, -0.05) is 30.3 Å². The lowest BCUT2D eigenvalue weighted by Gasteiger charge is -2.11. The van der Waals surface area contributed by atoms with Crippen molar-refractivity contribution >= 4 is 43.3 Å². The van der Waals surface area contributed by atoms with Crippen molar-refractivity contribution in [2.75, 3.05) is 26.9 Å². The number of rotatable bonds is 14. The topological polar surface area (TPSA) is 105 Å². The monoisotopic (exact) mass is 520 g/mol. The average Bonchev–Trinajstić information content (AvgIpc) is 3.25. The molecule has 0 saturated heterocycles. The van der Waals surface area contributed by atoms with Crippen molar-refractivity contribution in [1.82, 2.24) is 0 Å². The van der Waals surface area contributed by atoms with E-state index in [9.17, 15) is 18.0 Å². The van der Waals surface area contributed by atoms with E-state index in [1.54, 1.807) is 49.4 Å². The summed E-state index contributed by atoms with van der Waals surface area (Å²) in [7, 11) is -2.16. The number of carbonyl (C=O) groups excluding carboxylic acids is 2. The van der Waals surface area contributed by atoms with Gasteiger partial charge in [0.05, 0.1) is 38.2 Å². The van der Waals surface area contributed by atoms with Crippen LogP contribution in [-0.4, -0.2) is 47.1 Å². The summed E-state index contributed by atoms with van der Waals surface area (Å²) in [5.41, 5.74) is 0.663. The summed E-state index contributed by atoms with van der Waals surface area (Å²) in [6.07, 6.45) is 0.484. The second kappa shape index (κ2) is 12.7. The second-order valence-electron chi connectivity index (χ2n) is 7.59. The zero-order valence-electron chi connectivity index (χ0n) is 19.7. The molecule has 2 aromatic carbocycles. The zero-order chi connectivity index (χ0) is 25.3. The Morgan fingerprint density at radius 2 is 1.74 bits per heavy atom. The van der Waals surface area contributed by atoms with E-state index in [2.05, 4.69) is 0 Å². The number of ketones is 1. The van der Waals surface area contributed by atoms with E-state index in [0.29, 0.717) is 28.4 Å². The molecule has 0 amide bonds.